The van der Waals surface area contributed by atoms with Crippen LogP contribution in [-0.2, 0) is 11.2 Å². The van der Waals surface area contributed by atoms with Crippen LogP contribution < -0.4 is 5.32 Å². The van der Waals surface area contributed by atoms with Crippen molar-refractivity contribution < 1.29 is 4.79 Å². The van der Waals surface area contributed by atoms with Gasteiger partial charge in [-0.3, -0.25) is 4.79 Å². The molecule has 0 aliphatic heterocycles. The van der Waals surface area contributed by atoms with Gasteiger partial charge in [-0.05, 0) is 18.8 Å². The van der Waals surface area contributed by atoms with Gasteiger partial charge in [0.05, 0.1) is 0 Å². The molecule has 0 radical (unpaired) electrons. The van der Waals surface area contributed by atoms with E-state index < -0.39 is 0 Å². The zero-order chi connectivity index (χ0) is 13.3. The van der Waals surface area contributed by atoms with E-state index in [0.29, 0.717) is 13.0 Å². The Morgan fingerprint density at radius 3 is 2.95 bits per heavy atom. The lowest BCUT2D eigenvalue weighted by molar-refractivity contribution is -0.121. The normalized spacial score (nSPS) is 16.4. The second-order valence-corrected chi connectivity index (χ2v) is 5.53. The van der Waals surface area contributed by atoms with Crippen LogP contribution in [-0.4, -0.2) is 22.4 Å². The first-order valence-electron chi connectivity index (χ1n) is 7.59. The topological polar surface area (TPSA) is 57.8 Å². The summed E-state index contributed by atoms with van der Waals surface area (Å²) in [5.74, 6) is 1.99. The highest BCUT2D eigenvalue weighted by atomic mass is 16.1. The van der Waals surface area contributed by atoms with Gasteiger partial charge in [-0.25, -0.2) is 4.98 Å². The number of hydrogen-bond donors (Lipinski definition) is 2. The van der Waals surface area contributed by atoms with E-state index in [4.69, 9.17) is 0 Å². The lowest BCUT2D eigenvalue weighted by atomic mass is 9.86. The van der Waals surface area contributed by atoms with Crippen LogP contribution in [0.1, 0.15) is 57.2 Å². The molecule has 1 aromatic rings. The largest absolute Gasteiger partial charge is 0.356 e. The molecule has 1 aliphatic carbocycles. The Morgan fingerprint density at radius 2 is 2.21 bits per heavy atom. The van der Waals surface area contributed by atoms with E-state index in [9.17, 15) is 4.79 Å². The molecule has 1 aliphatic rings. The first-order valence-corrected chi connectivity index (χ1v) is 7.59. The van der Waals surface area contributed by atoms with Gasteiger partial charge in [-0.15, -0.1) is 0 Å². The molecule has 4 heteroatoms. The Morgan fingerprint density at radius 1 is 1.37 bits per heavy atom. The molecular weight excluding hydrogens is 238 g/mol. The number of rotatable bonds is 7. The number of hydrogen-bond acceptors (Lipinski definition) is 2. The lowest BCUT2D eigenvalue weighted by Crippen LogP contribution is -2.25. The quantitative estimate of drug-likeness (QED) is 0.794. The SMILES string of the molecule is O=C(CCCC1CCCCC1)NCCc1ncc[nH]1. The van der Waals surface area contributed by atoms with Crippen LogP contribution >= 0.6 is 0 Å². The molecule has 19 heavy (non-hydrogen) atoms. The Kier molecular flexibility index (Phi) is 5.92. The number of aromatic nitrogens is 2. The second kappa shape index (κ2) is 7.97. The van der Waals surface area contributed by atoms with Crippen molar-refractivity contribution in [2.75, 3.05) is 6.54 Å². The van der Waals surface area contributed by atoms with E-state index >= 15 is 0 Å². The number of carbonyl (C=O) groups excluding carboxylic acids is 1. The summed E-state index contributed by atoms with van der Waals surface area (Å²) in [5.41, 5.74) is 0. The van der Waals surface area contributed by atoms with Crippen LogP contribution in [0, 0.1) is 5.92 Å². The van der Waals surface area contributed by atoms with E-state index in [-0.39, 0.29) is 5.91 Å². The Balaban J connectivity index is 1.49. The molecule has 0 aromatic carbocycles. The van der Waals surface area contributed by atoms with Gasteiger partial charge in [-0.1, -0.05) is 32.1 Å². The number of amides is 1. The zero-order valence-electron chi connectivity index (χ0n) is 11.7. The minimum absolute atomic E-state index is 0.183. The fourth-order valence-electron chi connectivity index (χ4n) is 2.87. The maximum atomic E-state index is 11.7. The average Bonchev–Trinajstić information content (AvgIpc) is 2.93. The van der Waals surface area contributed by atoms with E-state index in [1.54, 1.807) is 12.4 Å². The summed E-state index contributed by atoms with van der Waals surface area (Å²) in [6, 6.07) is 0. The molecule has 2 N–H and O–H groups in total. The lowest BCUT2D eigenvalue weighted by Gasteiger charge is -2.21. The third-order valence-corrected chi connectivity index (χ3v) is 3.98. The van der Waals surface area contributed by atoms with E-state index in [1.165, 1.54) is 38.5 Å². The standard InChI is InChI=1S/C15H25N3O/c19-15(18-10-9-14-16-11-12-17-14)8-4-7-13-5-2-1-3-6-13/h11-13H,1-10H2,(H,16,17)(H,18,19). The van der Waals surface area contributed by atoms with Gasteiger partial charge in [-0.2, -0.15) is 0 Å². The molecule has 0 unspecified atom stereocenters. The molecule has 1 heterocycles. The summed E-state index contributed by atoms with van der Waals surface area (Å²) < 4.78 is 0. The van der Waals surface area contributed by atoms with Crippen molar-refractivity contribution in [2.45, 2.75) is 57.8 Å². The summed E-state index contributed by atoms with van der Waals surface area (Å²) in [7, 11) is 0. The molecule has 0 spiro atoms. The third-order valence-electron chi connectivity index (χ3n) is 3.98. The summed E-state index contributed by atoms with van der Waals surface area (Å²) in [6.45, 7) is 0.676. The van der Waals surface area contributed by atoms with Crippen molar-refractivity contribution in [3.63, 3.8) is 0 Å². The smallest absolute Gasteiger partial charge is 0.220 e. The predicted molar refractivity (Wildman–Crippen MR) is 75.7 cm³/mol. The minimum Gasteiger partial charge on any atom is -0.356 e. The first kappa shape index (κ1) is 14.1. The number of imidazole rings is 1. The molecule has 0 atom stereocenters. The maximum absolute atomic E-state index is 11.7. The molecular formula is C15H25N3O. The van der Waals surface area contributed by atoms with E-state index in [1.807, 2.05) is 0 Å². The number of nitrogens with one attached hydrogen (secondary N) is 2. The third kappa shape index (κ3) is 5.45. The van der Waals surface area contributed by atoms with Crippen LogP contribution in [0.3, 0.4) is 0 Å². The fraction of sp³-hybridized carbons (Fsp3) is 0.733. The average molecular weight is 263 g/mol. The summed E-state index contributed by atoms with van der Waals surface area (Å²) >= 11 is 0. The monoisotopic (exact) mass is 263 g/mol. The van der Waals surface area contributed by atoms with E-state index in [2.05, 4.69) is 15.3 Å². The summed E-state index contributed by atoms with van der Waals surface area (Å²) in [4.78, 5) is 18.8. The highest BCUT2D eigenvalue weighted by Gasteiger charge is 2.13. The Bertz CT molecular complexity index is 355. The predicted octanol–water partition coefficient (Wildman–Crippen LogP) is 2.82. The highest BCUT2D eigenvalue weighted by Crippen LogP contribution is 2.27. The van der Waals surface area contributed by atoms with Crippen LogP contribution in [0.15, 0.2) is 12.4 Å². The van der Waals surface area contributed by atoms with E-state index in [0.717, 1.165) is 24.6 Å². The summed E-state index contributed by atoms with van der Waals surface area (Å²) in [6.07, 6.45) is 14.2. The molecule has 1 fully saturated rings. The van der Waals surface area contributed by atoms with Gasteiger partial charge in [0.1, 0.15) is 5.82 Å². The van der Waals surface area contributed by atoms with Crippen molar-refractivity contribution in [3.8, 4) is 0 Å². The van der Waals surface area contributed by atoms with Gasteiger partial charge in [0.2, 0.25) is 5.91 Å². The van der Waals surface area contributed by atoms with Gasteiger partial charge >= 0.3 is 0 Å². The van der Waals surface area contributed by atoms with Crippen molar-refractivity contribution in [2.24, 2.45) is 5.92 Å². The van der Waals surface area contributed by atoms with Crippen LogP contribution in [0.4, 0.5) is 0 Å². The number of H-pyrrole nitrogens is 1. The molecule has 1 aromatic heterocycles. The summed E-state index contributed by atoms with van der Waals surface area (Å²) in [5, 5.41) is 2.96. The van der Waals surface area contributed by atoms with Gasteiger partial charge in [0, 0.05) is 31.8 Å². The maximum Gasteiger partial charge on any atom is 0.220 e. The van der Waals surface area contributed by atoms with Gasteiger partial charge in [0.15, 0.2) is 0 Å². The van der Waals surface area contributed by atoms with Crippen molar-refractivity contribution >= 4 is 5.91 Å². The van der Waals surface area contributed by atoms with Crippen molar-refractivity contribution in [1.82, 2.24) is 15.3 Å². The van der Waals surface area contributed by atoms with Crippen LogP contribution in [0.2, 0.25) is 0 Å². The van der Waals surface area contributed by atoms with Crippen molar-refractivity contribution in [1.29, 1.82) is 0 Å². The Hall–Kier alpha value is -1.32. The molecule has 1 amide bonds. The molecule has 2 rings (SSSR count). The minimum atomic E-state index is 0.183. The molecule has 0 bridgehead atoms. The molecule has 1 saturated carbocycles. The van der Waals surface area contributed by atoms with Crippen LogP contribution in [0.25, 0.3) is 0 Å². The highest BCUT2D eigenvalue weighted by molar-refractivity contribution is 5.75. The fourth-order valence-corrected chi connectivity index (χ4v) is 2.87. The van der Waals surface area contributed by atoms with Crippen molar-refractivity contribution in [3.05, 3.63) is 18.2 Å². The number of nitrogens with zero attached hydrogens (tertiary/aromatic N) is 1. The Labute approximate surface area is 115 Å². The zero-order valence-corrected chi connectivity index (χ0v) is 11.7. The molecule has 106 valence electrons. The molecule has 4 nitrogen and oxygen atoms in total. The number of aromatic amines is 1. The van der Waals surface area contributed by atoms with Gasteiger partial charge in [0.25, 0.3) is 0 Å². The second-order valence-electron chi connectivity index (χ2n) is 5.53. The number of carbonyl (C=O) groups is 1. The first-order chi connectivity index (χ1) is 9.34. The van der Waals surface area contributed by atoms with Crippen LogP contribution in [0.5, 0.6) is 0 Å². The molecule has 0 saturated heterocycles. The van der Waals surface area contributed by atoms with Gasteiger partial charge < -0.3 is 10.3 Å².